The molecule has 3 rings (SSSR count). The van der Waals surface area contributed by atoms with Gasteiger partial charge in [-0.05, 0) is 55.3 Å². The number of nitrogens with zero attached hydrogens (tertiary/aromatic N) is 1. The number of fused-ring (bicyclic) bond motifs is 1. The molecule has 0 fully saturated rings. The fourth-order valence-corrected chi connectivity index (χ4v) is 3.71. The fraction of sp³-hybridized carbons (Fsp3) is 0.222. The van der Waals surface area contributed by atoms with Crippen LogP contribution >= 0.6 is 27.3 Å². The summed E-state index contributed by atoms with van der Waals surface area (Å²) in [6.45, 7) is 0. The van der Waals surface area contributed by atoms with Crippen LogP contribution in [0.2, 0.25) is 0 Å². The first-order chi connectivity index (χ1) is 11.7. The van der Waals surface area contributed by atoms with Crippen molar-refractivity contribution in [2.24, 2.45) is 0 Å². The highest BCUT2D eigenvalue weighted by molar-refractivity contribution is 9.09. The van der Waals surface area contributed by atoms with Crippen molar-refractivity contribution in [1.29, 1.82) is 0 Å². The molecule has 1 aromatic heterocycles. The molecule has 0 spiro atoms. The first kappa shape index (κ1) is 17.0. The molecule has 3 nitrogen and oxygen atoms in total. The lowest BCUT2D eigenvalue weighted by molar-refractivity contribution is -0.116. The Morgan fingerprint density at radius 3 is 2.71 bits per heavy atom. The molecule has 0 unspecified atom stereocenters. The molecule has 0 saturated heterocycles. The highest BCUT2D eigenvalue weighted by Crippen LogP contribution is 2.31. The number of amides is 1. The number of halogens is 2. The minimum absolute atomic E-state index is 0.0270. The Kier molecular flexibility index (Phi) is 5.58. The van der Waals surface area contributed by atoms with E-state index in [1.807, 2.05) is 24.3 Å². The maximum absolute atomic E-state index is 13.3. The lowest BCUT2D eigenvalue weighted by Crippen LogP contribution is -2.10. The van der Waals surface area contributed by atoms with E-state index < -0.39 is 0 Å². The number of hydrogen-bond acceptors (Lipinski definition) is 3. The monoisotopic (exact) mass is 406 g/mol. The second-order valence-corrected chi connectivity index (χ2v) is 7.23. The van der Waals surface area contributed by atoms with E-state index in [2.05, 4.69) is 26.2 Å². The zero-order valence-electron chi connectivity index (χ0n) is 12.9. The summed E-state index contributed by atoms with van der Waals surface area (Å²) in [5.41, 5.74) is 2.52. The van der Waals surface area contributed by atoms with Crippen LogP contribution in [0.25, 0.3) is 20.8 Å². The number of benzene rings is 2. The van der Waals surface area contributed by atoms with Gasteiger partial charge in [0.15, 0.2) is 0 Å². The number of carbonyl (C=O) groups excluding carboxylic acids is 1. The van der Waals surface area contributed by atoms with Gasteiger partial charge in [-0.2, -0.15) is 0 Å². The van der Waals surface area contributed by atoms with Gasteiger partial charge in [0, 0.05) is 23.0 Å². The molecule has 0 aliphatic carbocycles. The molecule has 1 N–H and O–H groups in total. The molecule has 0 aliphatic rings. The van der Waals surface area contributed by atoms with Gasteiger partial charge in [0.1, 0.15) is 10.8 Å². The number of anilines is 1. The van der Waals surface area contributed by atoms with Crippen LogP contribution in [0, 0.1) is 5.82 Å². The Hall–Kier alpha value is -1.79. The molecule has 0 aliphatic heterocycles. The number of aromatic nitrogens is 1. The molecule has 1 amide bonds. The van der Waals surface area contributed by atoms with Crippen LogP contribution in [-0.2, 0) is 4.79 Å². The summed E-state index contributed by atoms with van der Waals surface area (Å²) in [7, 11) is 0. The molecule has 2 aromatic carbocycles. The third-order valence-corrected chi connectivity index (χ3v) is 5.18. The second kappa shape index (κ2) is 7.85. The molecule has 0 bridgehead atoms. The van der Waals surface area contributed by atoms with E-state index in [0.29, 0.717) is 6.42 Å². The summed E-state index contributed by atoms with van der Waals surface area (Å²) >= 11 is 4.81. The van der Waals surface area contributed by atoms with Crippen molar-refractivity contribution in [1.82, 2.24) is 4.98 Å². The van der Waals surface area contributed by atoms with E-state index in [1.54, 1.807) is 6.07 Å². The maximum atomic E-state index is 13.3. The minimum Gasteiger partial charge on any atom is -0.326 e. The van der Waals surface area contributed by atoms with Crippen LogP contribution in [-0.4, -0.2) is 16.2 Å². The SMILES string of the molecule is O=C(CCCCBr)Nc1ccc(-c2nc3ccc(F)cc3s2)cc1. The lowest BCUT2D eigenvalue weighted by atomic mass is 10.2. The van der Waals surface area contributed by atoms with E-state index in [9.17, 15) is 9.18 Å². The highest BCUT2D eigenvalue weighted by atomic mass is 79.9. The zero-order chi connectivity index (χ0) is 16.9. The summed E-state index contributed by atoms with van der Waals surface area (Å²) in [6, 6.07) is 12.2. The molecule has 1 heterocycles. The number of unbranched alkanes of at least 4 members (excludes halogenated alkanes) is 1. The van der Waals surface area contributed by atoms with Crippen molar-refractivity contribution in [2.75, 3.05) is 10.6 Å². The third-order valence-electron chi connectivity index (χ3n) is 3.55. The van der Waals surface area contributed by atoms with Crippen molar-refractivity contribution in [2.45, 2.75) is 19.3 Å². The summed E-state index contributed by atoms with van der Waals surface area (Å²) in [4.78, 5) is 16.3. The molecule has 6 heteroatoms. The fourth-order valence-electron chi connectivity index (χ4n) is 2.32. The Balaban J connectivity index is 1.70. The number of thiazole rings is 1. The number of carbonyl (C=O) groups is 1. The summed E-state index contributed by atoms with van der Waals surface area (Å²) in [6.07, 6.45) is 2.39. The van der Waals surface area contributed by atoms with Crippen molar-refractivity contribution in [3.63, 3.8) is 0 Å². The molecule has 24 heavy (non-hydrogen) atoms. The highest BCUT2D eigenvalue weighted by Gasteiger charge is 2.08. The topological polar surface area (TPSA) is 42.0 Å². The van der Waals surface area contributed by atoms with Crippen LogP contribution in [0.15, 0.2) is 42.5 Å². The molecule has 124 valence electrons. The van der Waals surface area contributed by atoms with E-state index in [0.717, 1.165) is 44.6 Å². The van der Waals surface area contributed by atoms with Gasteiger partial charge in [-0.1, -0.05) is 15.9 Å². The Bertz CT molecular complexity index is 848. The van der Waals surface area contributed by atoms with Crippen molar-refractivity contribution in [3.05, 3.63) is 48.3 Å². The zero-order valence-corrected chi connectivity index (χ0v) is 15.3. The summed E-state index contributed by atoms with van der Waals surface area (Å²) in [5.74, 6) is -0.227. The average molecular weight is 407 g/mol. The standard InChI is InChI=1S/C18H16BrFN2OS/c19-10-2-1-3-17(23)21-14-7-4-12(5-8-14)18-22-15-9-6-13(20)11-16(15)24-18/h4-9,11H,1-3,10H2,(H,21,23). The van der Waals surface area contributed by atoms with E-state index in [1.165, 1.54) is 23.5 Å². The Morgan fingerprint density at radius 2 is 1.96 bits per heavy atom. The van der Waals surface area contributed by atoms with Gasteiger partial charge in [-0.15, -0.1) is 11.3 Å². The van der Waals surface area contributed by atoms with E-state index >= 15 is 0 Å². The van der Waals surface area contributed by atoms with Gasteiger partial charge in [0.25, 0.3) is 0 Å². The van der Waals surface area contributed by atoms with Crippen LogP contribution in [0.3, 0.4) is 0 Å². The van der Waals surface area contributed by atoms with Gasteiger partial charge in [0.05, 0.1) is 10.2 Å². The Morgan fingerprint density at radius 1 is 1.17 bits per heavy atom. The predicted molar refractivity (Wildman–Crippen MR) is 101 cm³/mol. The molecule has 0 saturated carbocycles. The Labute approximate surface area is 152 Å². The first-order valence-electron chi connectivity index (χ1n) is 7.68. The van der Waals surface area contributed by atoms with Gasteiger partial charge in [0.2, 0.25) is 5.91 Å². The van der Waals surface area contributed by atoms with Crippen LogP contribution in [0.5, 0.6) is 0 Å². The molecular weight excluding hydrogens is 391 g/mol. The first-order valence-corrected chi connectivity index (χ1v) is 9.62. The van der Waals surface area contributed by atoms with Crippen molar-refractivity contribution >= 4 is 49.1 Å². The van der Waals surface area contributed by atoms with Gasteiger partial charge in [-0.25, -0.2) is 9.37 Å². The lowest BCUT2D eigenvalue weighted by Gasteiger charge is -2.05. The number of nitrogens with one attached hydrogen (secondary N) is 1. The van der Waals surface area contributed by atoms with E-state index in [4.69, 9.17) is 0 Å². The average Bonchev–Trinajstić information content (AvgIpc) is 2.99. The summed E-state index contributed by atoms with van der Waals surface area (Å²) in [5, 5.41) is 4.65. The van der Waals surface area contributed by atoms with Gasteiger partial charge < -0.3 is 5.32 Å². The number of alkyl halides is 1. The minimum atomic E-state index is -0.254. The maximum Gasteiger partial charge on any atom is 0.224 e. The van der Waals surface area contributed by atoms with Gasteiger partial charge in [-0.3, -0.25) is 4.79 Å². The van der Waals surface area contributed by atoms with Crippen molar-refractivity contribution < 1.29 is 9.18 Å². The van der Waals surface area contributed by atoms with Gasteiger partial charge >= 0.3 is 0 Å². The normalized spacial score (nSPS) is 10.9. The van der Waals surface area contributed by atoms with E-state index in [-0.39, 0.29) is 11.7 Å². The number of hydrogen-bond donors (Lipinski definition) is 1. The number of rotatable bonds is 6. The molecule has 0 radical (unpaired) electrons. The van der Waals surface area contributed by atoms with Crippen LogP contribution < -0.4 is 5.32 Å². The largest absolute Gasteiger partial charge is 0.326 e. The predicted octanol–water partition coefficient (Wildman–Crippen LogP) is 5.61. The third kappa shape index (κ3) is 4.19. The van der Waals surface area contributed by atoms with Crippen LogP contribution in [0.1, 0.15) is 19.3 Å². The second-order valence-electron chi connectivity index (χ2n) is 5.40. The molecule has 3 aromatic rings. The molecule has 0 atom stereocenters. The van der Waals surface area contributed by atoms with Crippen LogP contribution in [0.4, 0.5) is 10.1 Å². The molecular formula is C18H16BrFN2OS. The smallest absolute Gasteiger partial charge is 0.224 e. The quantitative estimate of drug-likeness (QED) is 0.427. The van der Waals surface area contributed by atoms with Crippen molar-refractivity contribution in [3.8, 4) is 10.6 Å². The summed E-state index contributed by atoms with van der Waals surface area (Å²) < 4.78 is 14.1.